The minimum atomic E-state index is 0.210. The van der Waals surface area contributed by atoms with E-state index in [4.69, 9.17) is 5.73 Å². The molecule has 0 spiro atoms. The summed E-state index contributed by atoms with van der Waals surface area (Å²) >= 11 is 0. The fourth-order valence-corrected chi connectivity index (χ4v) is 1.08. The number of hydrazone groups is 1. The standard InChI is InChI=1S/C8H19N3/c1-4-8(5-2,6-9)7-11-10-3/h11H,3-7,9H2,1-2H3. The van der Waals surface area contributed by atoms with E-state index in [9.17, 15) is 0 Å². The highest BCUT2D eigenvalue weighted by molar-refractivity contribution is 5.22. The van der Waals surface area contributed by atoms with E-state index in [1.165, 1.54) is 0 Å². The number of hydrogen-bond donors (Lipinski definition) is 2. The first-order valence-electron chi connectivity index (χ1n) is 4.13. The number of nitrogens with zero attached hydrogens (tertiary/aromatic N) is 1. The van der Waals surface area contributed by atoms with Gasteiger partial charge in [-0.25, -0.2) is 0 Å². The molecule has 11 heavy (non-hydrogen) atoms. The summed E-state index contributed by atoms with van der Waals surface area (Å²) < 4.78 is 0. The third-order valence-corrected chi connectivity index (χ3v) is 2.50. The van der Waals surface area contributed by atoms with Crippen molar-refractivity contribution in [3.8, 4) is 0 Å². The van der Waals surface area contributed by atoms with Crippen molar-refractivity contribution in [3.05, 3.63) is 0 Å². The summed E-state index contributed by atoms with van der Waals surface area (Å²) in [5, 5.41) is 3.61. The minimum absolute atomic E-state index is 0.210. The molecule has 0 aromatic rings. The van der Waals surface area contributed by atoms with Crippen molar-refractivity contribution < 1.29 is 0 Å². The van der Waals surface area contributed by atoms with Crippen LogP contribution in [-0.2, 0) is 0 Å². The van der Waals surface area contributed by atoms with Crippen molar-refractivity contribution >= 4 is 6.72 Å². The van der Waals surface area contributed by atoms with Crippen molar-refractivity contribution in [1.29, 1.82) is 0 Å². The van der Waals surface area contributed by atoms with Gasteiger partial charge in [0.05, 0.1) is 0 Å². The topological polar surface area (TPSA) is 50.4 Å². The van der Waals surface area contributed by atoms with Crippen LogP contribution in [0.2, 0.25) is 0 Å². The molecule has 0 bridgehead atoms. The average molecular weight is 157 g/mol. The molecular formula is C8H19N3. The van der Waals surface area contributed by atoms with Crippen LogP contribution in [0.15, 0.2) is 5.10 Å². The van der Waals surface area contributed by atoms with Gasteiger partial charge in [0, 0.05) is 18.7 Å². The fraction of sp³-hybridized carbons (Fsp3) is 0.875. The maximum Gasteiger partial charge on any atom is 0.0397 e. The van der Waals surface area contributed by atoms with Gasteiger partial charge < -0.3 is 11.2 Å². The predicted octanol–water partition coefficient (Wildman–Crippen LogP) is 0.957. The number of nitrogens with one attached hydrogen (secondary N) is 1. The van der Waals surface area contributed by atoms with Gasteiger partial charge >= 0.3 is 0 Å². The van der Waals surface area contributed by atoms with Crippen LogP contribution in [0.4, 0.5) is 0 Å². The van der Waals surface area contributed by atoms with E-state index in [1.54, 1.807) is 0 Å². The summed E-state index contributed by atoms with van der Waals surface area (Å²) in [5.41, 5.74) is 8.75. The first-order chi connectivity index (χ1) is 5.24. The Morgan fingerprint density at radius 2 is 2.00 bits per heavy atom. The maximum atomic E-state index is 5.67. The molecule has 0 aliphatic rings. The van der Waals surface area contributed by atoms with E-state index >= 15 is 0 Å². The van der Waals surface area contributed by atoms with Crippen LogP contribution in [0.1, 0.15) is 26.7 Å². The van der Waals surface area contributed by atoms with Crippen LogP contribution < -0.4 is 11.2 Å². The summed E-state index contributed by atoms with van der Waals surface area (Å²) in [7, 11) is 0. The molecule has 0 saturated carbocycles. The lowest BCUT2D eigenvalue weighted by Gasteiger charge is -2.29. The molecule has 0 heterocycles. The van der Waals surface area contributed by atoms with E-state index in [0.29, 0.717) is 6.54 Å². The van der Waals surface area contributed by atoms with Gasteiger partial charge in [-0.05, 0) is 19.4 Å². The molecule has 66 valence electrons. The second-order valence-corrected chi connectivity index (χ2v) is 2.90. The third kappa shape index (κ3) is 2.89. The van der Waals surface area contributed by atoms with Gasteiger partial charge in [0.2, 0.25) is 0 Å². The molecule has 3 nitrogen and oxygen atoms in total. The molecule has 0 aromatic carbocycles. The minimum Gasteiger partial charge on any atom is -0.330 e. The summed E-state index contributed by atoms with van der Waals surface area (Å²) in [5.74, 6) is 0. The van der Waals surface area contributed by atoms with Crippen LogP contribution in [0.3, 0.4) is 0 Å². The Balaban J connectivity index is 3.93. The van der Waals surface area contributed by atoms with Crippen molar-refractivity contribution in [2.75, 3.05) is 13.1 Å². The Kier molecular flexibility index (Phi) is 4.86. The normalized spacial score (nSPS) is 11.2. The molecule has 0 radical (unpaired) electrons. The van der Waals surface area contributed by atoms with Crippen molar-refractivity contribution in [2.45, 2.75) is 26.7 Å². The number of hydrogen-bond acceptors (Lipinski definition) is 3. The lowest BCUT2D eigenvalue weighted by Crippen LogP contribution is -2.37. The largest absolute Gasteiger partial charge is 0.330 e. The highest BCUT2D eigenvalue weighted by Gasteiger charge is 2.23. The predicted molar refractivity (Wildman–Crippen MR) is 49.6 cm³/mol. The molecule has 3 heteroatoms. The zero-order valence-corrected chi connectivity index (χ0v) is 7.56. The Morgan fingerprint density at radius 3 is 2.27 bits per heavy atom. The molecule has 0 aromatic heterocycles. The summed E-state index contributed by atoms with van der Waals surface area (Å²) in [6.07, 6.45) is 2.17. The van der Waals surface area contributed by atoms with E-state index < -0.39 is 0 Å². The Morgan fingerprint density at radius 1 is 1.45 bits per heavy atom. The Hall–Kier alpha value is -0.570. The van der Waals surface area contributed by atoms with Gasteiger partial charge in [-0.2, -0.15) is 5.10 Å². The maximum absolute atomic E-state index is 5.67. The quantitative estimate of drug-likeness (QED) is 0.445. The highest BCUT2D eigenvalue weighted by Crippen LogP contribution is 2.23. The van der Waals surface area contributed by atoms with E-state index in [2.05, 4.69) is 31.1 Å². The molecule has 0 fully saturated rings. The second kappa shape index (κ2) is 5.13. The first kappa shape index (κ1) is 10.4. The second-order valence-electron chi connectivity index (χ2n) is 2.90. The molecule has 0 amide bonds. The van der Waals surface area contributed by atoms with Gasteiger partial charge in [-0.3, -0.25) is 0 Å². The van der Waals surface area contributed by atoms with Gasteiger partial charge in [0.15, 0.2) is 0 Å². The smallest absolute Gasteiger partial charge is 0.0397 e. The van der Waals surface area contributed by atoms with Crippen LogP contribution >= 0.6 is 0 Å². The SMILES string of the molecule is C=NNCC(CC)(CC)CN. The molecular weight excluding hydrogens is 138 g/mol. The van der Waals surface area contributed by atoms with Crippen molar-refractivity contribution in [2.24, 2.45) is 16.3 Å². The zero-order chi connectivity index (χ0) is 8.74. The number of nitrogens with two attached hydrogens (primary N) is 1. The van der Waals surface area contributed by atoms with Crippen molar-refractivity contribution in [1.82, 2.24) is 5.43 Å². The molecule has 0 aliphatic carbocycles. The summed E-state index contributed by atoms with van der Waals surface area (Å²) in [6.45, 7) is 9.22. The van der Waals surface area contributed by atoms with Crippen LogP contribution in [0.5, 0.6) is 0 Å². The lowest BCUT2D eigenvalue weighted by atomic mass is 9.83. The van der Waals surface area contributed by atoms with E-state index in [1.807, 2.05) is 0 Å². The number of rotatable bonds is 6. The van der Waals surface area contributed by atoms with Crippen LogP contribution in [0.25, 0.3) is 0 Å². The van der Waals surface area contributed by atoms with Crippen molar-refractivity contribution in [3.63, 3.8) is 0 Å². The van der Waals surface area contributed by atoms with Gasteiger partial charge in [0.1, 0.15) is 0 Å². The molecule has 0 aliphatic heterocycles. The van der Waals surface area contributed by atoms with Crippen LogP contribution in [-0.4, -0.2) is 19.8 Å². The molecule has 0 unspecified atom stereocenters. The molecule has 3 N–H and O–H groups in total. The van der Waals surface area contributed by atoms with Gasteiger partial charge in [-0.1, -0.05) is 13.8 Å². The Bertz CT molecular complexity index is 99.6. The highest BCUT2D eigenvalue weighted by atomic mass is 15.3. The Labute approximate surface area is 69.0 Å². The molecule has 0 atom stereocenters. The van der Waals surface area contributed by atoms with Gasteiger partial charge in [-0.15, -0.1) is 0 Å². The summed E-state index contributed by atoms with van der Waals surface area (Å²) in [6, 6.07) is 0. The third-order valence-electron chi connectivity index (χ3n) is 2.50. The monoisotopic (exact) mass is 157 g/mol. The first-order valence-corrected chi connectivity index (χ1v) is 4.13. The average Bonchev–Trinajstić information content (AvgIpc) is 2.08. The molecule has 0 rings (SSSR count). The van der Waals surface area contributed by atoms with E-state index in [-0.39, 0.29) is 5.41 Å². The fourth-order valence-electron chi connectivity index (χ4n) is 1.08. The molecule has 0 saturated heterocycles. The lowest BCUT2D eigenvalue weighted by molar-refractivity contribution is 0.262. The zero-order valence-electron chi connectivity index (χ0n) is 7.56. The van der Waals surface area contributed by atoms with Gasteiger partial charge in [0.25, 0.3) is 0 Å². The summed E-state index contributed by atoms with van der Waals surface area (Å²) in [4.78, 5) is 0. The van der Waals surface area contributed by atoms with Crippen LogP contribution in [0, 0.1) is 5.41 Å². The van der Waals surface area contributed by atoms with E-state index in [0.717, 1.165) is 19.4 Å².